The number of carbonyl (C=O) groups excluding carboxylic acids is 1. The van der Waals surface area contributed by atoms with Crippen LogP contribution in [0.4, 0.5) is 5.95 Å². The fraction of sp³-hybridized carbons (Fsp3) is 0.565. The Hall–Kier alpha value is -2.44. The topological polar surface area (TPSA) is 168 Å². The van der Waals surface area contributed by atoms with E-state index < -0.39 is 42.2 Å². The number of thioether (sulfide) groups is 1. The summed E-state index contributed by atoms with van der Waals surface area (Å²) in [6.45, 7) is 1.36. The van der Waals surface area contributed by atoms with Crippen LogP contribution >= 0.6 is 19.5 Å². The van der Waals surface area contributed by atoms with E-state index in [1.165, 1.54) is 29.6 Å². The van der Waals surface area contributed by atoms with Crippen molar-refractivity contribution in [1.29, 1.82) is 0 Å². The normalized spacial score (nSPS) is 24.1. The number of nitrogens with zero attached hydrogens (tertiary/aromatic N) is 3. The minimum atomic E-state index is -4.07. The van der Waals surface area contributed by atoms with Gasteiger partial charge in [-0.15, -0.1) is 11.8 Å². The third-order valence-corrected chi connectivity index (χ3v) is 9.11. The highest BCUT2D eigenvalue weighted by Gasteiger charge is 2.39. The number of nitrogens with two attached hydrogens (primary N) is 1. The third kappa shape index (κ3) is 7.78. The molecular weight excluding hydrogens is 521 g/mol. The van der Waals surface area contributed by atoms with Crippen molar-refractivity contribution in [3.63, 3.8) is 0 Å². The van der Waals surface area contributed by atoms with Crippen molar-refractivity contribution < 1.29 is 28.3 Å². The lowest BCUT2D eigenvalue weighted by molar-refractivity contribution is -0.150. The summed E-state index contributed by atoms with van der Waals surface area (Å²) >= 11 is 1.26. The molecule has 0 amide bonds. The maximum atomic E-state index is 13.7. The number of rotatable bonds is 10. The molecule has 1 saturated heterocycles. The Bertz CT molecular complexity index is 1150. The van der Waals surface area contributed by atoms with E-state index in [0.29, 0.717) is 0 Å². The van der Waals surface area contributed by atoms with Crippen molar-refractivity contribution in [3.8, 4) is 5.75 Å². The number of hydrogen-bond donors (Lipinski definition) is 3. The lowest BCUT2D eigenvalue weighted by Crippen LogP contribution is -2.37. The molecule has 5 atom stereocenters. The number of anilines is 1. The van der Waals surface area contributed by atoms with Gasteiger partial charge in [-0.3, -0.25) is 13.9 Å². The summed E-state index contributed by atoms with van der Waals surface area (Å²) in [6.07, 6.45) is 4.15. The molecule has 204 valence electrons. The molecule has 0 spiro atoms. The minimum Gasteiger partial charge on any atom is -0.461 e. The molecule has 1 aromatic heterocycles. The summed E-state index contributed by atoms with van der Waals surface area (Å²) in [5, 5.41) is 12.3. The van der Waals surface area contributed by atoms with Crippen LogP contribution < -0.4 is 21.0 Å². The lowest BCUT2D eigenvalue weighted by Gasteiger charge is -2.25. The molecular formula is C23H34N5O7PS. The van der Waals surface area contributed by atoms with E-state index in [1.807, 2.05) is 0 Å². The van der Waals surface area contributed by atoms with E-state index in [4.69, 9.17) is 19.5 Å². The molecule has 1 aliphatic heterocycles. The maximum absolute atomic E-state index is 13.7. The summed E-state index contributed by atoms with van der Waals surface area (Å²) in [6, 6.07) is 7.47. The van der Waals surface area contributed by atoms with Crippen LogP contribution in [0.15, 0.2) is 41.5 Å². The molecule has 2 fully saturated rings. The van der Waals surface area contributed by atoms with Crippen LogP contribution in [0.1, 0.15) is 51.8 Å². The first-order valence-electron chi connectivity index (χ1n) is 11.7. The second kappa shape index (κ2) is 12.9. The van der Waals surface area contributed by atoms with Gasteiger partial charge in [0.25, 0.3) is 0 Å². The average molecular weight is 556 g/mol. The van der Waals surface area contributed by atoms with Crippen LogP contribution in [0.3, 0.4) is 0 Å². The molecule has 4 rings (SSSR count). The van der Waals surface area contributed by atoms with Crippen molar-refractivity contribution in [3.05, 3.63) is 47.1 Å². The fourth-order valence-corrected chi connectivity index (χ4v) is 7.08. The van der Waals surface area contributed by atoms with Crippen LogP contribution in [0.5, 0.6) is 5.75 Å². The van der Waals surface area contributed by atoms with Gasteiger partial charge in [-0.2, -0.15) is 10.1 Å². The number of aliphatic hydroxyl groups is 1. The predicted octanol–water partition coefficient (Wildman–Crippen LogP) is 2.89. The highest BCUT2D eigenvalue weighted by atomic mass is 32.2. The number of nitrogen functional groups attached to an aromatic ring is 1. The Morgan fingerprint density at radius 3 is 2.70 bits per heavy atom. The predicted molar refractivity (Wildman–Crippen MR) is 140 cm³/mol. The van der Waals surface area contributed by atoms with Gasteiger partial charge in [0, 0.05) is 6.42 Å². The molecule has 2 aromatic rings. The van der Waals surface area contributed by atoms with E-state index in [9.17, 15) is 19.3 Å². The van der Waals surface area contributed by atoms with Crippen molar-refractivity contribution in [1.82, 2.24) is 19.6 Å². The smallest absolute Gasteiger partial charge is 0.459 e. The third-order valence-electron chi connectivity index (χ3n) is 5.93. The minimum absolute atomic E-state index is 0. The summed E-state index contributed by atoms with van der Waals surface area (Å²) in [4.78, 5) is 32.2. The van der Waals surface area contributed by atoms with Gasteiger partial charge in [0.1, 0.15) is 24.2 Å². The Kier molecular flexibility index (Phi) is 10.1. The van der Waals surface area contributed by atoms with Gasteiger partial charge in [0.15, 0.2) is 0 Å². The zero-order valence-electron chi connectivity index (χ0n) is 19.8. The number of aromatic nitrogens is 3. The number of benzene rings is 1. The number of ether oxygens (including phenoxy) is 1. The molecule has 14 heteroatoms. The Morgan fingerprint density at radius 1 is 1.32 bits per heavy atom. The van der Waals surface area contributed by atoms with Crippen LogP contribution in [0, 0.1) is 0 Å². The second-order valence-electron chi connectivity index (χ2n) is 8.73. The number of esters is 1. The van der Waals surface area contributed by atoms with Crippen molar-refractivity contribution in [2.45, 2.75) is 75.3 Å². The Balaban J connectivity index is 0.00000380. The summed E-state index contributed by atoms with van der Waals surface area (Å²) in [5.74, 6) is -0.390. The molecule has 2 heterocycles. The number of aliphatic hydroxyl groups excluding tert-OH is 1. The second-order valence-corrected chi connectivity index (χ2v) is 11.8. The van der Waals surface area contributed by atoms with Gasteiger partial charge in [-0.05, 0) is 44.7 Å². The summed E-state index contributed by atoms with van der Waals surface area (Å²) in [5.41, 5.74) is 4.87. The van der Waals surface area contributed by atoms with Gasteiger partial charge in [-0.25, -0.2) is 14.3 Å². The zero-order chi connectivity index (χ0) is 25.7. The van der Waals surface area contributed by atoms with E-state index in [-0.39, 0.29) is 38.3 Å². The van der Waals surface area contributed by atoms with Crippen LogP contribution in [-0.4, -0.2) is 55.7 Å². The molecule has 0 bridgehead atoms. The standard InChI is InChI=1S/C22H30N5O7PS.CH4/c1-14(20(29)33-15-7-5-6-8-15)26-35(31,34-16-9-3-2-4-10-16)32-12-18-17(28)11-19(36-18)27-13-24-21(23)25-22(27)30;/h2-4,9-10,13-15,17-19,28H,5-8,11-12H2,1H3,(H,26,31)(H2,23,25,30);1H4/t14-,17+,18+,19+,35?;/m0./s1. The largest absolute Gasteiger partial charge is 0.461 e. The highest BCUT2D eigenvalue weighted by molar-refractivity contribution is 8.00. The van der Waals surface area contributed by atoms with Crippen LogP contribution in [0.2, 0.25) is 0 Å². The number of hydrogen-bond acceptors (Lipinski definition) is 11. The highest BCUT2D eigenvalue weighted by Crippen LogP contribution is 2.48. The Morgan fingerprint density at radius 2 is 2.03 bits per heavy atom. The lowest BCUT2D eigenvalue weighted by atomic mass is 10.2. The van der Waals surface area contributed by atoms with Crippen molar-refractivity contribution in [2.24, 2.45) is 0 Å². The molecule has 1 aliphatic carbocycles. The van der Waals surface area contributed by atoms with E-state index in [2.05, 4.69) is 15.1 Å². The van der Waals surface area contributed by atoms with Gasteiger partial charge in [0.2, 0.25) is 5.95 Å². The molecule has 37 heavy (non-hydrogen) atoms. The number of nitrogens with one attached hydrogen (secondary N) is 1. The molecule has 12 nitrogen and oxygen atoms in total. The first-order chi connectivity index (χ1) is 17.2. The van der Waals surface area contributed by atoms with Gasteiger partial charge in [0.05, 0.1) is 23.3 Å². The molecule has 1 saturated carbocycles. The first kappa shape index (κ1) is 29.1. The summed E-state index contributed by atoms with van der Waals surface area (Å²) < 4.78 is 31.9. The Labute approximate surface area is 219 Å². The molecule has 2 aliphatic rings. The fourth-order valence-electron chi connectivity index (χ4n) is 4.03. The van der Waals surface area contributed by atoms with Crippen LogP contribution in [0.25, 0.3) is 0 Å². The SMILES string of the molecule is C.C[C@H](NP(=O)(OC[C@H]1S[C@@H](n2cnc(N)nc2=O)C[C@H]1O)Oc1ccccc1)C(=O)OC1CCCC1. The molecule has 4 N–H and O–H groups in total. The zero-order valence-corrected chi connectivity index (χ0v) is 21.5. The number of carbonyl (C=O) groups is 1. The average Bonchev–Trinajstić information content (AvgIpc) is 3.47. The number of para-hydroxylation sites is 1. The van der Waals surface area contributed by atoms with Crippen molar-refractivity contribution in [2.75, 3.05) is 12.3 Å². The summed E-state index contributed by atoms with van der Waals surface area (Å²) in [7, 11) is -4.07. The molecule has 1 unspecified atom stereocenters. The van der Waals surface area contributed by atoms with Crippen LogP contribution in [-0.2, 0) is 18.6 Å². The van der Waals surface area contributed by atoms with Gasteiger partial charge < -0.3 is 20.1 Å². The maximum Gasteiger partial charge on any atom is 0.459 e. The molecule has 0 radical (unpaired) electrons. The first-order valence-corrected chi connectivity index (χ1v) is 14.2. The quantitative estimate of drug-likeness (QED) is 0.290. The van der Waals surface area contributed by atoms with E-state index in [0.717, 1.165) is 25.7 Å². The van der Waals surface area contributed by atoms with E-state index in [1.54, 1.807) is 30.3 Å². The van der Waals surface area contributed by atoms with Gasteiger partial charge in [-0.1, -0.05) is 25.6 Å². The van der Waals surface area contributed by atoms with Crippen molar-refractivity contribution >= 4 is 31.4 Å². The van der Waals surface area contributed by atoms with Gasteiger partial charge >= 0.3 is 19.4 Å². The molecule has 1 aromatic carbocycles. The monoisotopic (exact) mass is 555 g/mol. The van der Waals surface area contributed by atoms with E-state index >= 15 is 0 Å².